The van der Waals surface area contributed by atoms with Crippen molar-refractivity contribution < 1.29 is 9.59 Å². The largest absolute Gasteiger partial charge is 0.343 e. The first-order valence-electron chi connectivity index (χ1n) is 11.0. The SMILES string of the molecule is CC(C)CC(NC(=O)Nc1ccc(Cl)cc1)C(=O)Nc1ccc(N2CCN(C)C2=NC#N)cc1. The number of guanidine groups is 1. The lowest BCUT2D eigenvalue weighted by Crippen LogP contribution is -2.46. The molecule has 0 spiro atoms. The number of aliphatic imine (C=N–C) groups is 1. The van der Waals surface area contributed by atoms with Crippen LogP contribution in [0.4, 0.5) is 21.9 Å². The minimum Gasteiger partial charge on any atom is -0.343 e. The van der Waals surface area contributed by atoms with Crippen LogP contribution in [0.1, 0.15) is 20.3 Å². The molecule has 0 bridgehead atoms. The van der Waals surface area contributed by atoms with E-state index in [9.17, 15) is 9.59 Å². The van der Waals surface area contributed by atoms with Crippen LogP contribution >= 0.6 is 11.6 Å². The standard InChI is InChI=1S/C24H28ClN7O2/c1-16(2)14-21(30-23(34)29-19-6-4-17(25)5-7-19)22(33)28-18-8-10-20(11-9-18)32-13-12-31(3)24(32)27-15-26/h4-11,16,21H,12-14H2,1-3H3,(H,28,33)(H2,29,30,34). The number of nitrogens with zero attached hydrogens (tertiary/aromatic N) is 4. The summed E-state index contributed by atoms with van der Waals surface area (Å²) in [5, 5.41) is 17.9. The molecule has 1 unspecified atom stereocenters. The second-order valence-corrected chi connectivity index (χ2v) is 8.85. The van der Waals surface area contributed by atoms with Crippen LogP contribution < -0.4 is 20.9 Å². The van der Waals surface area contributed by atoms with Gasteiger partial charge < -0.3 is 25.8 Å². The predicted octanol–water partition coefficient (Wildman–Crippen LogP) is 4.10. The molecule has 1 aliphatic heterocycles. The summed E-state index contributed by atoms with van der Waals surface area (Å²) in [6.45, 7) is 5.45. The number of likely N-dealkylation sites (N-methyl/N-ethyl adjacent to an activating group) is 1. The van der Waals surface area contributed by atoms with E-state index in [-0.39, 0.29) is 11.8 Å². The monoisotopic (exact) mass is 481 g/mol. The van der Waals surface area contributed by atoms with Crippen LogP contribution in [0.5, 0.6) is 0 Å². The van der Waals surface area contributed by atoms with Crippen molar-refractivity contribution in [2.45, 2.75) is 26.3 Å². The van der Waals surface area contributed by atoms with Crippen molar-refractivity contribution in [3.63, 3.8) is 0 Å². The number of urea groups is 1. The fourth-order valence-electron chi connectivity index (χ4n) is 3.61. The maximum Gasteiger partial charge on any atom is 0.319 e. The van der Waals surface area contributed by atoms with Gasteiger partial charge in [0.25, 0.3) is 0 Å². The molecule has 2 aromatic rings. The molecule has 10 heteroatoms. The van der Waals surface area contributed by atoms with Crippen LogP contribution in [-0.2, 0) is 4.79 Å². The highest BCUT2D eigenvalue weighted by Crippen LogP contribution is 2.22. The Balaban J connectivity index is 1.64. The van der Waals surface area contributed by atoms with Gasteiger partial charge in [-0.15, -0.1) is 4.99 Å². The number of amides is 3. The van der Waals surface area contributed by atoms with Crippen molar-refractivity contribution in [1.82, 2.24) is 10.2 Å². The number of carbonyl (C=O) groups is 2. The van der Waals surface area contributed by atoms with E-state index in [0.717, 1.165) is 12.2 Å². The summed E-state index contributed by atoms with van der Waals surface area (Å²) in [4.78, 5) is 33.2. The van der Waals surface area contributed by atoms with Gasteiger partial charge in [-0.05, 0) is 60.9 Å². The van der Waals surface area contributed by atoms with Gasteiger partial charge >= 0.3 is 6.03 Å². The molecule has 1 atom stereocenters. The Labute approximate surface area is 204 Å². The minimum absolute atomic E-state index is 0.193. The number of hydrogen-bond acceptors (Lipinski definition) is 4. The predicted molar refractivity (Wildman–Crippen MR) is 135 cm³/mol. The topological polar surface area (TPSA) is 113 Å². The van der Waals surface area contributed by atoms with E-state index in [1.807, 2.05) is 49.0 Å². The minimum atomic E-state index is -0.714. The van der Waals surface area contributed by atoms with Gasteiger partial charge in [0.2, 0.25) is 18.1 Å². The third-order valence-electron chi connectivity index (χ3n) is 5.27. The number of halogens is 1. The summed E-state index contributed by atoms with van der Waals surface area (Å²) in [6.07, 6.45) is 2.32. The van der Waals surface area contributed by atoms with Gasteiger partial charge in [-0.2, -0.15) is 5.26 Å². The average Bonchev–Trinajstić information content (AvgIpc) is 3.15. The van der Waals surface area contributed by atoms with E-state index < -0.39 is 12.1 Å². The molecule has 178 valence electrons. The molecule has 1 saturated heterocycles. The number of rotatable bonds is 7. The molecule has 1 heterocycles. The van der Waals surface area contributed by atoms with Crippen molar-refractivity contribution in [2.24, 2.45) is 10.9 Å². The van der Waals surface area contributed by atoms with Crippen LogP contribution in [0, 0.1) is 17.4 Å². The first-order chi connectivity index (χ1) is 16.3. The third-order valence-corrected chi connectivity index (χ3v) is 5.52. The van der Waals surface area contributed by atoms with Crippen LogP contribution in [0.3, 0.4) is 0 Å². The van der Waals surface area contributed by atoms with E-state index in [1.165, 1.54) is 0 Å². The molecule has 0 radical (unpaired) electrons. The lowest BCUT2D eigenvalue weighted by molar-refractivity contribution is -0.118. The van der Waals surface area contributed by atoms with Crippen LogP contribution in [0.25, 0.3) is 0 Å². The molecule has 3 N–H and O–H groups in total. The lowest BCUT2D eigenvalue weighted by Gasteiger charge is -2.21. The Kier molecular flexibility index (Phi) is 8.33. The van der Waals surface area contributed by atoms with Crippen molar-refractivity contribution in [3.8, 4) is 6.19 Å². The summed E-state index contributed by atoms with van der Waals surface area (Å²) in [5.41, 5.74) is 2.05. The first-order valence-corrected chi connectivity index (χ1v) is 11.3. The molecule has 9 nitrogen and oxygen atoms in total. The number of nitrogens with one attached hydrogen (secondary N) is 3. The number of carbonyl (C=O) groups excluding carboxylic acids is 2. The summed E-state index contributed by atoms with van der Waals surface area (Å²) in [7, 11) is 1.88. The summed E-state index contributed by atoms with van der Waals surface area (Å²) >= 11 is 5.88. The zero-order valence-corrected chi connectivity index (χ0v) is 20.1. The molecule has 3 amide bonds. The molecule has 3 rings (SSSR count). The maximum atomic E-state index is 13.0. The Hall–Kier alpha value is -3.77. The van der Waals surface area contributed by atoms with Crippen molar-refractivity contribution >= 4 is 46.6 Å². The zero-order chi connectivity index (χ0) is 24.7. The van der Waals surface area contributed by atoms with E-state index in [0.29, 0.717) is 35.3 Å². The Morgan fingerprint density at radius 3 is 2.29 bits per heavy atom. The summed E-state index contributed by atoms with van der Waals surface area (Å²) < 4.78 is 0. The molecule has 34 heavy (non-hydrogen) atoms. The summed E-state index contributed by atoms with van der Waals surface area (Å²) in [5.74, 6) is 0.478. The van der Waals surface area contributed by atoms with Gasteiger partial charge in [-0.25, -0.2) is 4.79 Å². The molecule has 2 aromatic carbocycles. The molecule has 0 saturated carbocycles. The highest BCUT2D eigenvalue weighted by atomic mass is 35.5. The maximum absolute atomic E-state index is 13.0. The van der Waals surface area contributed by atoms with Gasteiger partial charge in [0.05, 0.1) is 0 Å². The highest BCUT2D eigenvalue weighted by Gasteiger charge is 2.25. The molecular formula is C24H28ClN7O2. The summed E-state index contributed by atoms with van der Waals surface area (Å²) in [6, 6.07) is 12.8. The van der Waals surface area contributed by atoms with Crippen molar-refractivity contribution in [1.29, 1.82) is 5.26 Å². The number of benzene rings is 2. The van der Waals surface area contributed by atoms with Gasteiger partial charge in [0.1, 0.15) is 6.04 Å². The van der Waals surface area contributed by atoms with Crippen molar-refractivity contribution in [3.05, 3.63) is 53.6 Å². The van der Waals surface area contributed by atoms with E-state index in [1.54, 1.807) is 36.4 Å². The first kappa shape index (κ1) is 24.9. The highest BCUT2D eigenvalue weighted by molar-refractivity contribution is 6.30. The molecule has 1 fully saturated rings. The Bertz CT molecular complexity index is 1080. The van der Waals surface area contributed by atoms with E-state index in [4.69, 9.17) is 16.9 Å². The Morgan fingerprint density at radius 2 is 1.68 bits per heavy atom. The number of hydrogen-bond donors (Lipinski definition) is 3. The smallest absolute Gasteiger partial charge is 0.319 e. The number of nitriles is 1. The normalized spacial score (nSPS) is 15.2. The fraction of sp³-hybridized carbons (Fsp3) is 0.333. The molecular weight excluding hydrogens is 454 g/mol. The Morgan fingerprint density at radius 1 is 1.06 bits per heavy atom. The second-order valence-electron chi connectivity index (χ2n) is 8.41. The van der Waals surface area contributed by atoms with Crippen LogP contribution in [0.15, 0.2) is 53.5 Å². The second kappa shape index (κ2) is 11.4. The van der Waals surface area contributed by atoms with Gasteiger partial charge in [0.15, 0.2) is 0 Å². The van der Waals surface area contributed by atoms with Gasteiger partial charge in [-0.1, -0.05) is 25.4 Å². The third kappa shape index (κ3) is 6.62. The van der Waals surface area contributed by atoms with Gasteiger partial charge in [-0.3, -0.25) is 4.79 Å². The molecule has 0 aromatic heterocycles. The van der Waals surface area contributed by atoms with Crippen LogP contribution in [-0.4, -0.2) is 49.0 Å². The lowest BCUT2D eigenvalue weighted by atomic mass is 10.0. The van der Waals surface area contributed by atoms with Crippen LogP contribution in [0.2, 0.25) is 5.02 Å². The van der Waals surface area contributed by atoms with E-state index >= 15 is 0 Å². The van der Waals surface area contributed by atoms with Gasteiger partial charge in [0, 0.05) is 42.2 Å². The fourth-order valence-corrected chi connectivity index (χ4v) is 3.73. The number of anilines is 3. The molecule has 0 aliphatic carbocycles. The molecule has 1 aliphatic rings. The average molecular weight is 482 g/mol. The quantitative estimate of drug-likeness (QED) is 0.515. The van der Waals surface area contributed by atoms with Crippen molar-refractivity contribution in [2.75, 3.05) is 35.7 Å². The van der Waals surface area contributed by atoms with E-state index in [2.05, 4.69) is 20.9 Å². The zero-order valence-electron chi connectivity index (χ0n) is 19.4.